The number of urea groups is 1. The number of anilines is 4. The average molecular weight is 543 g/mol. The first-order valence-electron chi connectivity index (χ1n) is 11.7. The third-order valence-electron chi connectivity index (χ3n) is 5.56. The molecular weight excluding hydrogens is 516 g/mol. The summed E-state index contributed by atoms with van der Waals surface area (Å²) >= 11 is 2.62. The lowest BCUT2D eigenvalue weighted by atomic mass is 10.2. The molecule has 2 N–H and O–H groups in total. The zero-order valence-corrected chi connectivity index (χ0v) is 22.5. The summed E-state index contributed by atoms with van der Waals surface area (Å²) in [6.45, 7) is 0. The van der Waals surface area contributed by atoms with Gasteiger partial charge in [-0.05, 0) is 46.2 Å². The standard InChI is InChI=1S/C29H26N4O3S2/c1-32(25(34)15-13-21-9-5-3-6-10-21)23-17-19-37-27(23)30-29(36)31-28-24(18-20-38-28)33(2)26(35)16-14-22-11-7-4-8-12-22/h3-20H,1-2H3,(H2,30,31,36)/b15-13+,16-14+. The number of rotatable bonds is 8. The van der Waals surface area contributed by atoms with Gasteiger partial charge in [0.2, 0.25) is 0 Å². The fourth-order valence-corrected chi connectivity index (χ4v) is 5.10. The van der Waals surface area contributed by atoms with Gasteiger partial charge in [-0.25, -0.2) is 4.79 Å². The van der Waals surface area contributed by atoms with Crippen molar-refractivity contribution in [2.24, 2.45) is 0 Å². The van der Waals surface area contributed by atoms with Crippen LogP contribution in [0.5, 0.6) is 0 Å². The molecule has 0 fully saturated rings. The van der Waals surface area contributed by atoms with Crippen LogP contribution in [0.2, 0.25) is 0 Å². The highest BCUT2D eigenvalue weighted by Crippen LogP contribution is 2.34. The smallest absolute Gasteiger partial charge is 0.309 e. The molecule has 0 aliphatic rings. The number of thiophene rings is 2. The number of carbonyl (C=O) groups is 3. The third-order valence-corrected chi connectivity index (χ3v) is 7.20. The molecule has 0 atom stereocenters. The van der Waals surface area contributed by atoms with Crippen LogP contribution >= 0.6 is 22.7 Å². The van der Waals surface area contributed by atoms with Gasteiger partial charge in [-0.15, -0.1) is 22.7 Å². The average Bonchev–Trinajstić information content (AvgIpc) is 3.60. The molecule has 4 aromatic rings. The van der Waals surface area contributed by atoms with E-state index in [1.807, 2.05) is 60.7 Å². The number of benzene rings is 2. The molecule has 2 heterocycles. The van der Waals surface area contributed by atoms with E-state index in [2.05, 4.69) is 10.6 Å². The molecule has 0 unspecified atom stereocenters. The Balaban J connectivity index is 1.38. The van der Waals surface area contributed by atoms with Gasteiger partial charge in [0, 0.05) is 26.2 Å². The molecule has 2 aromatic heterocycles. The van der Waals surface area contributed by atoms with Crippen molar-refractivity contribution in [1.29, 1.82) is 0 Å². The predicted molar refractivity (Wildman–Crippen MR) is 159 cm³/mol. The van der Waals surface area contributed by atoms with Crippen LogP contribution < -0.4 is 20.4 Å². The van der Waals surface area contributed by atoms with Gasteiger partial charge in [0.05, 0.1) is 11.4 Å². The van der Waals surface area contributed by atoms with Crippen molar-refractivity contribution in [2.45, 2.75) is 0 Å². The van der Waals surface area contributed by atoms with Crippen molar-refractivity contribution < 1.29 is 14.4 Å². The molecule has 2 aromatic carbocycles. The Labute approximate surface area is 229 Å². The minimum absolute atomic E-state index is 0.222. The highest BCUT2D eigenvalue weighted by molar-refractivity contribution is 7.15. The molecule has 0 bridgehead atoms. The van der Waals surface area contributed by atoms with Crippen molar-refractivity contribution in [1.82, 2.24) is 0 Å². The summed E-state index contributed by atoms with van der Waals surface area (Å²) in [4.78, 5) is 41.2. The summed E-state index contributed by atoms with van der Waals surface area (Å²) in [7, 11) is 3.31. The van der Waals surface area contributed by atoms with Gasteiger partial charge in [-0.3, -0.25) is 20.2 Å². The summed E-state index contributed by atoms with van der Waals surface area (Å²) in [5, 5.41) is 10.3. The first-order chi connectivity index (χ1) is 18.4. The molecule has 4 amide bonds. The van der Waals surface area contributed by atoms with E-state index in [4.69, 9.17) is 0 Å². The largest absolute Gasteiger partial charge is 0.325 e. The van der Waals surface area contributed by atoms with Gasteiger partial charge < -0.3 is 9.80 Å². The summed E-state index contributed by atoms with van der Waals surface area (Å²) in [6, 6.07) is 22.2. The number of nitrogens with zero attached hydrogens (tertiary/aromatic N) is 2. The van der Waals surface area contributed by atoms with Gasteiger partial charge in [0.15, 0.2) is 0 Å². The second-order valence-corrected chi connectivity index (χ2v) is 9.96. The second kappa shape index (κ2) is 12.7. The summed E-state index contributed by atoms with van der Waals surface area (Å²) in [5.74, 6) is -0.445. The van der Waals surface area contributed by atoms with E-state index < -0.39 is 6.03 Å². The topological polar surface area (TPSA) is 81.8 Å². The summed E-state index contributed by atoms with van der Waals surface area (Å²) < 4.78 is 0. The van der Waals surface area contributed by atoms with Crippen molar-refractivity contribution >= 4 is 74.0 Å². The molecule has 0 saturated heterocycles. The summed E-state index contributed by atoms with van der Waals surface area (Å²) in [5.41, 5.74) is 3.00. The molecule has 0 aliphatic heterocycles. The minimum atomic E-state index is -0.473. The van der Waals surface area contributed by atoms with Crippen LogP contribution in [0.1, 0.15) is 11.1 Å². The molecular formula is C29H26N4O3S2. The maximum atomic E-state index is 12.8. The predicted octanol–water partition coefficient (Wildman–Crippen LogP) is 6.81. The first-order valence-corrected chi connectivity index (χ1v) is 13.4. The number of hydrogen-bond acceptors (Lipinski definition) is 5. The molecule has 192 valence electrons. The first kappa shape index (κ1) is 26.6. The van der Waals surface area contributed by atoms with E-state index in [1.54, 1.807) is 49.1 Å². The lowest BCUT2D eigenvalue weighted by Crippen LogP contribution is -2.27. The Morgan fingerprint density at radius 2 is 1.03 bits per heavy atom. The summed E-state index contributed by atoms with van der Waals surface area (Å²) in [6.07, 6.45) is 6.48. The van der Waals surface area contributed by atoms with Gasteiger partial charge in [0.25, 0.3) is 11.8 Å². The number of likely N-dealkylation sites (N-methyl/N-ethyl adjacent to an activating group) is 2. The Hall–Kier alpha value is -4.47. The lowest BCUT2D eigenvalue weighted by Gasteiger charge is -2.18. The maximum absolute atomic E-state index is 12.8. The Kier molecular flexibility index (Phi) is 8.86. The van der Waals surface area contributed by atoms with Crippen LogP contribution in [-0.2, 0) is 9.59 Å². The Morgan fingerprint density at radius 1 is 0.632 bits per heavy atom. The van der Waals surface area contributed by atoms with E-state index >= 15 is 0 Å². The molecule has 9 heteroatoms. The van der Waals surface area contributed by atoms with Crippen LogP contribution in [-0.4, -0.2) is 31.9 Å². The molecule has 0 aliphatic carbocycles. The normalized spacial score (nSPS) is 11.0. The second-order valence-electron chi connectivity index (χ2n) is 8.13. The van der Waals surface area contributed by atoms with Crippen LogP contribution in [0, 0.1) is 0 Å². The zero-order chi connectivity index (χ0) is 26.9. The van der Waals surface area contributed by atoms with Crippen molar-refractivity contribution in [3.8, 4) is 0 Å². The van der Waals surface area contributed by atoms with Crippen molar-refractivity contribution in [3.05, 3.63) is 107 Å². The molecule has 7 nitrogen and oxygen atoms in total. The maximum Gasteiger partial charge on any atom is 0.325 e. The fourth-order valence-electron chi connectivity index (χ4n) is 3.48. The molecule has 4 rings (SSSR count). The molecule has 0 saturated carbocycles. The Bertz CT molecular complexity index is 1350. The monoisotopic (exact) mass is 542 g/mol. The van der Waals surface area contributed by atoms with Crippen LogP contribution in [0.15, 0.2) is 95.7 Å². The number of carbonyl (C=O) groups excluding carboxylic acids is 3. The minimum Gasteiger partial charge on any atom is -0.309 e. The van der Waals surface area contributed by atoms with Gasteiger partial charge >= 0.3 is 6.03 Å². The van der Waals surface area contributed by atoms with Crippen LogP contribution in [0.3, 0.4) is 0 Å². The van der Waals surface area contributed by atoms with Crippen molar-refractivity contribution in [3.63, 3.8) is 0 Å². The number of amides is 4. The van der Waals surface area contributed by atoms with Crippen LogP contribution in [0.25, 0.3) is 12.2 Å². The van der Waals surface area contributed by atoms with E-state index in [9.17, 15) is 14.4 Å². The number of nitrogens with one attached hydrogen (secondary N) is 2. The highest BCUT2D eigenvalue weighted by atomic mass is 32.1. The quantitative estimate of drug-likeness (QED) is 0.240. The van der Waals surface area contributed by atoms with Gasteiger partial charge in [-0.2, -0.15) is 0 Å². The Morgan fingerprint density at radius 3 is 1.42 bits per heavy atom. The van der Waals surface area contributed by atoms with Gasteiger partial charge in [-0.1, -0.05) is 60.7 Å². The van der Waals surface area contributed by atoms with E-state index in [-0.39, 0.29) is 11.8 Å². The van der Waals surface area contributed by atoms with Crippen LogP contribution in [0.4, 0.5) is 26.2 Å². The lowest BCUT2D eigenvalue weighted by molar-refractivity contribution is -0.114. The van der Waals surface area contributed by atoms with E-state index in [1.165, 1.54) is 44.6 Å². The van der Waals surface area contributed by atoms with Crippen molar-refractivity contribution in [2.75, 3.05) is 34.5 Å². The molecule has 0 radical (unpaired) electrons. The SMILES string of the molecule is CN(C(=O)/C=C/c1ccccc1)c1ccsc1NC(=O)Nc1sccc1N(C)C(=O)/C=C/c1ccccc1. The molecule has 0 spiro atoms. The zero-order valence-electron chi connectivity index (χ0n) is 20.8. The van der Waals surface area contributed by atoms with Gasteiger partial charge in [0.1, 0.15) is 10.0 Å². The van der Waals surface area contributed by atoms with E-state index in [0.29, 0.717) is 21.4 Å². The molecule has 38 heavy (non-hydrogen) atoms. The number of hydrogen-bond donors (Lipinski definition) is 2. The fraction of sp³-hybridized carbons (Fsp3) is 0.0690. The third kappa shape index (κ3) is 6.84. The van der Waals surface area contributed by atoms with E-state index in [0.717, 1.165) is 11.1 Å². The highest BCUT2D eigenvalue weighted by Gasteiger charge is 2.19.